The summed E-state index contributed by atoms with van der Waals surface area (Å²) in [4.78, 5) is 22.1. The minimum absolute atomic E-state index is 0.177. The first kappa shape index (κ1) is 14.8. The lowest BCUT2D eigenvalue weighted by molar-refractivity contribution is -0.139. The Labute approximate surface area is 111 Å². The van der Waals surface area contributed by atoms with Crippen molar-refractivity contribution < 1.29 is 24.2 Å². The van der Waals surface area contributed by atoms with E-state index in [1.807, 2.05) is 6.92 Å². The van der Waals surface area contributed by atoms with Crippen LogP contribution in [0.1, 0.15) is 12.5 Å². The predicted molar refractivity (Wildman–Crippen MR) is 68.3 cm³/mol. The zero-order valence-electron chi connectivity index (χ0n) is 10.9. The highest BCUT2D eigenvalue weighted by Crippen LogP contribution is 2.13. The number of carbonyl (C=O) groups is 2. The highest BCUT2D eigenvalue weighted by molar-refractivity contribution is 5.80. The molecule has 0 heterocycles. The highest BCUT2D eigenvalue weighted by atomic mass is 16.5. The summed E-state index contributed by atoms with van der Waals surface area (Å²) in [5, 5.41) is 11.3. The number of benzene rings is 1. The van der Waals surface area contributed by atoms with Crippen molar-refractivity contribution in [1.82, 2.24) is 5.32 Å². The predicted octanol–water partition coefficient (Wildman–Crippen LogP) is 1.44. The van der Waals surface area contributed by atoms with Gasteiger partial charge in [0, 0.05) is 6.42 Å². The third-order valence-electron chi connectivity index (χ3n) is 2.45. The first-order valence-electron chi connectivity index (χ1n) is 5.85. The zero-order valence-corrected chi connectivity index (χ0v) is 10.9. The van der Waals surface area contributed by atoms with Gasteiger partial charge >= 0.3 is 12.1 Å². The number of methoxy groups -OCH3 is 1. The Bertz CT molecular complexity index is 429. The van der Waals surface area contributed by atoms with Crippen LogP contribution in [-0.4, -0.2) is 36.9 Å². The Balaban J connectivity index is 2.68. The van der Waals surface area contributed by atoms with Crippen molar-refractivity contribution in [3.63, 3.8) is 0 Å². The molecular formula is C13H17NO5. The number of aliphatic carboxylic acids is 1. The molecule has 0 fully saturated rings. The molecule has 0 radical (unpaired) electrons. The summed E-state index contributed by atoms with van der Waals surface area (Å²) in [6, 6.07) is 6.02. The van der Waals surface area contributed by atoms with Crippen molar-refractivity contribution in [2.75, 3.05) is 13.7 Å². The third kappa shape index (κ3) is 4.87. The number of alkyl carbamates (subject to hydrolysis) is 1. The normalized spacial score (nSPS) is 11.5. The highest BCUT2D eigenvalue weighted by Gasteiger charge is 2.20. The summed E-state index contributed by atoms with van der Waals surface area (Å²) in [5.41, 5.74) is 0.784. The Hall–Kier alpha value is -2.24. The minimum Gasteiger partial charge on any atom is -0.494 e. The first-order chi connectivity index (χ1) is 9.06. The van der Waals surface area contributed by atoms with Crippen LogP contribution in [0.2, 0.25) is 0 Å². The minimum atomic E-state index is -1.11. The molecule has 19 heavy (non-hydrogen) atoms. The van der Waals surface area contributed by atoms with E-state index in [0.29, 0.717) is 6.61 Å². The summed E-state index contributed by atoms with van der Waals surface area (Å²) in [6.07, 6.45) is -0.588. The van der Waals surface area contributed by atoms with Gasteiger partial charge in [-0.3, -0.25) is 0 Å². The molecule has 1 aromatic rings. The molecule has 1 atom stereocenters. The number of rotatable bonds is 6. The molecule has 0 aromatic heterocycles. The fraction of sp³-hybridized carbons (Fsp3) is 0.385. The summed E-state index contributed by atoms with van der Waals surface area (Å²) in [7, 11) is 1.19. The molecule has 2 N–H and O–H groups in total. The number of hydrogen-bond donors (Lipinski definition) is 2. The first-order valence-corrected chi connectivity index (χ1v) is 5.85. The van der Waals surface area contributed by atoms with Crippen LogP contribution < -0.4 is 10.1 Å². The Morgan fingerprint density at radius 2 is 1.95 bits per heavy atom. The molecule has 0 aliphatic heterocycles. The van der Waals surface area contributed by atoms with E-state index in [4.69, 9.17) is 9.84 Å². The van der Waals surface area contributed by atoms with Crippen LogP contribution in [0, 0.1) is 0 Å². The van der Waals surface area contributed by atoms with Crippen LogP contribution >= 0.6 is 0 Å². The van der Waals surface area contributed by atoms with E-state index in [-0.39, 0.29) is 6.42 Å². The Morgan fingerprint density at radius 3 is 2.42 bits per heavy atom. The molecule has 6 heteroatoms. The summed E-state index contributed by atoms with van der Waals surface area (Å²) in [6.45, 7) is 2.45. The molecule has 0 aliphatic rings. The summed E-state index contributed by atoms with van der Waals surface area (Å²) < 4.78 is 9.68. The van der Waals surface area contributed by atoms with Gasteiger partial charge < -0.3 is 19.9 Å². The number of hydrogen-bond acceptors (Lipinski definition) is 4. The number of nitrogens with one attached hydrogen (secondary N) is 1. The number of carboxylic acids is 1. The maximum absolute atomic E-state index is 11.0. The second kappa shape index (κ2) is 7.25. The Morgan fingerprint density at radius 1 is 1.32 bits per heavy atom. The van der Waals surface area contributed by atoms with E-state index in [1.54, 1.807) is 24.3 Å². The Kier molecular flexibility index (Phi) is 5.66. The number of carboxylic acid groups (broad SMARTS) is 1. The molecule has 0 spiro atoms. The summed E-state index contributed by atoms with van der Waals surface area (Å²) in [5.74, 6) is -0.390. The van der Waals surface area contributed by atoms with Crippen LogP contribution in [0.25, 0.3) is 0 Å². The van der Waals surface area contributed by atoms with Crippen LogP contribution in [0.15, 0.2) is 24.3 Å². The molecule has 6 nitrogen and oxygen atoms in total. The zero-order chi connectivity index (χ0) is 14.3. The standard InChI is InChI=1S/C13H17NO5/c1-3-19-10-6-4-9(5-7-10)8-11(12(15)16)14-13(17)18-2/h4-7,11H,3,8H2,1-2H3,(H,14,17)(H,15,16)/t11-/m0/s1. The second-order valence-electron chi connectivity index (χ2n) is 3.81. The molecule has 1 amide bonds. The lowest BCUT2D eigenvalue weighted by Gasteiger charge is -2.13. The molecule has 0 saturated heterocycles. The smallest absolute Gasteiger partial charge is 0.407 e. The van der Waals surface area contributed by atoms with Gasteiger partial charge in [0.25, 0.3) is 0 Å². The van der Waals surface area contributed by atoms with Crippen LogP contribution in [-0.2, 0) is 16.0 Å². The van der Waals surface area contributed by atoms with E-state index >= 15 is 0 Å². The van der Waals surface area contributed by atoms with Crippen molar-refractivity contribution in [3.05, 3.63) is 29.8 Å². The average Bonchev–Trinajstić information content (AvgIpc) is 2.40. The number of amides is 1. The van der Waals surface area contributed by atoms with Gasteiger partial charge in [-0.1, -0.05) is 12.1 Å². The van der Waals surface area contributed by atoms with Gasteiger partial charge in [0.15, 0.2) is 0 Å². The van der Waals surface area contributed by atoms with E-state index in [2.05, 4.69) is 10.1 Å². The van der Waals surface area contributed by atoms with Gasteiger partial charge in [-0.2, -0.15) is 0 Å². The maximum atomic E-state index is 11.0. The fourth-order valence-corrected chi connectivity index (χ4v) is 1.53. The second-order valence-corrected chi connectivity index (χ2v) is 3.81. The largest absolute Gasteiger partial charge is 0.494 e. The van der Waals surface area contributed by atoms with Crippen molar-refractivity contribution in [2.24, 2.45) is 0 Å². The summed E-state index contributed by atoms with van der Waals surface area (Å²) >= 11 is 0. The lowest BCUT2D eigenvalue weighted by atomic mass is 10.1. The van der Waals surface area contributed by atoms with Gasteiger partial charge in [-0.25, -0.2) is 9.59 Å². The van der Waals surface area contributed by atoms with Crippen molar-refractivity contribution in [1.29, 1.82) is 0 Å². The molecule has 0 unspecified atom stereocenters. The lowest BCUT2D eigenvalue weighted by Crippen LogP contribution is -2.42. The van der Waals surface area contributed by atoms with Crippen LogP contribution in [0.4, 0.5) is 4.79 Å². The molecule has 0 saturated carbocycles. The quantitative estimate of drug-likeness (QED) is 0.814. The van der Waals surface area contributed by atoms with Crippen LogP contribution in [0.3, 0.4) is 0 Å². The van der Waals surface area contributed by atoms with E-state index in [0.717, 1.165) is 11.3 Å². The SMILES string of the molecule is CCOc1ccc(C[C@H](NC(=O)OC)C(=O)O)cc1. The van der Waals surface area contributed by atoms with Gasteiger partial charge in [0.2, 0.25) is 0 Å². The fourth-order valence-electron chi connectivity index (χ4n) is 1.53. The van der Waals surface area contributed by atoms with E-state index in [1.165, 1.54) is 7.11 Å². The van der Waals surface area contributed by atoms with Crippen molar-refractivity contribution >= 4 is 12.1 Å². The third-order valence-corrected chi connectivity index (χ3v) is 2.45. The molecule has 1 rings (SSSR count). The monoisotopic (exact) mass is 267 g/mol. The number of ether oxygens (including phenoxy) is 2. The average molecular weight is 267 g/mol. The van der Waals surface area contributed by atoms with Gasteiger partial charge in [0.05, 0.1) is 13.7 Å². The van der Waals surface area contributed by atoms with Crippen LogP contribution in [0.5, 0.6) is 5.75 Å². The molecule has 1 aromatic carbocycles. The molecule has 0 bridgehead atoms. The topological polar surface area (TPSA) is 84.9 Å². The van der Waals surface area contributed by atoms with Gasteiger partial charge in [-0.05, 0) is 24.6 Å². The van der Waals surface area contributed by atoms with E-state index < -0.39 is 18.1 Å². The molecule has 0 aliphatic carbocycles. The molecular weight excluding hydrogens is 250 g/mol. The van der Waals surface area contributed by atoms with Crippen molar-refractivity contribution in [2.45, 2.75) is 19.4 Å². The van der Waals surface area contributed by atoms with Gasteiger partial charge in [0.1, 0.15) is 11.8 Å². The van der Waals surface area contributed by atoms with Gasteiger partial charge in [-0.15, -0.1) is 0 Å². The number of carbonyl (C=O) groups excluding carboxylic acids is 1. The molecule has 104 valence electrons. The maximum Gasteiger partial charge on any atom is 0.407 e. The van der Waals surface area contributed by atoms with E-state index in [9.17, 15) is 9.59 Å². The van der Waals surface area contributed by atoms with Crippen molar-refractivity contribution in [3.8, 4) is 5.75 Å².